The van der Waals surface area contributed by atoms with E-state index in [2.05, 4.69) is 5.32 Å². The van der Waals surface area contributed by atoms with E-state index in [0.717, 1.165) is 30.4 Å². The van der Waals surface area contributed by atoms with Crippen molar-refractivity contribution in [2.24, 2.45) is 0 Å². The Kier molecular flexibility index (Phi) is 4.88. The SMILES string of the molecule is CNC(CCCOC)c1ccc(F)c2ccccc12. The first-order valence-electron chi connectivity index (χ1n) is 6.61. The van der Waals surface area contributed by atoms with Gasteiger partial charge in [0, 0.05) is 25.1 Å². The maximum atomic E-state index is 13.8. The van der Waals surface area contributed by atoms with Crippen LogP contribution < -0.4 is 5.32 Å². The number of methoxy groups -OCH3 is 1. The highest BCUT2D eigenvalue weighted by Crippen LogP contribution is 2.28. The predicted octanol–water partition coefficient (Wildman–Crippen LogP) is 3.67. The summed E-state index contributed by atoms with van der Waals surface area (Å²) in [5, 5.41) is 4.98. The van der Waals surface area contributed by atoms with E-state index in [9.17, 15) is 4.39 Å². The number of ether oxygens (including phenoxy) is 1. The fourth-order valence-corrected chi connectivity index (χ4v) is 2.48. The van der Waals surface area contributed by atoms with Crippen LogP contribution in [0.4, 0.5) is 4.39 Å². The number of rotatable bonds is 6. The first-order valence-corrected chi connectivity index (χ1v) is 6.61. The van der Waals surface area contributed by atoms with Crippen LogP contribution in [-0.4, -0.2) is 20.8 Å². The van der Waals surface area contributed by atoms with Gasteiger partial charge in [-0.1, -0.05) is 30.3 Å². The molecule has 0 aliphatic rings. The summed E-state index contributed by atoms with van der Waals surface area (Å²) in [6, 6.07) is 11.3. The molecule has 0 aliphatic carbocycles. The van der Waals surface area contributed by atoms with Crippen LogP contribution in [0, 0.1) is 5.82 Å². The molecule has 2 aromatic carbocycles. The molecule has 0 saturated carbocycles. The third-order valence-electron chi connectivity index (χ3n) is 3.47. The van der Waals surface area contributed by atoms with Gasteiger partial charge in [0.05, 0.1) is 0 Å². The number of benzene rings is 2. The van der Waals surface area contributed by atoms with E-state index in [1.165, 1.54) is 0 Å². The lowest BCUT2D eigenvalue weighted by Gasteiger charge is -2.19. The first-order chi connectivity index (χ1) is 9.27. The van der Waals surface area contributed by atoms with E-state index in [4.69, 9.17) is 4.74 Å². The lowest BCUT2D eigenvalue weighted by atomic mass is 9.95. The van der Waals surface area contributed by atoms with E-state index < -0.39 is 0 Å². The lowest BCUT2D eigenvalue weighted by molar-refractivity contribution is 0.189. The second kappa shape index (κ2) is 6.64. The quantitative estimate of drug-likeness (QED) is 0.801. The Labute approximate surface area is 113 Å². The molecule has 0 aromatic heterocycles. The summed E-state index contributed by atoms with van der Waals surface area (Å²) in [6.07, 6.45) is 1.95. The van der Waals surface area contributed by atoms with Crippen molar-refractivity contribution in [3.8, 4) is 0 Å². The van der Waals surface area contributed by atoms with Crippen LogP contribution in [0.3, 0.4) is 0 Å². The molecule has 2 nitrogen and oxygen atoms in total. The summed E-state index contributed by atoms with van der Waals surface area (Å²) in [4.78, 5) is 0. The zero-order valence-corrected chi connectivity index (χ0v) is 11.4. The maximum Gasteiger partial charge on any atom is 0.131 e. The summed E-state index contributed by atoms with van der Waals surface area (Å²) in [7, 11) is 3.65. The largest absolute Gasteiger partial charge is 0.385 e. The van der Waals surface area contributed by atoms with Crippen LogP contribution in [0.25, 0.3) is 10.8 Å². The van der Waals surface area contributed by atoms with Crippen molar-refractivity contribution in [2.45, 2.75) is 18.9 Å². The highest BCUT2D eigenvalue weighted by Gasteiger charge is 2.13. The Morgan fingerprint density at radius 1 is 1.16 bits per heavy atom. The Morgan fingerprint density at radius 3 is 2.58 bits per heavy atom. The molecule has 0 saturated heterocycles. The van der Waals surface area contributed by atoms with E-state index in [0.29, 0.717) is 5.39 Å². The van der Waals surface area contributed by atoms with Gasteiger partial charge in [-0.15, -0.1) is 0 Å². The fourth-order valence-electron chi connectivity index (χ4n) is 2.48. The van der Waals surface area contributed by atoms with Gasteiger partial charge in [-0.2, -0.15) is 0 Å². The number of hydrogen-bond acceptors (Lipinski definition) is 2. The molecule has 2 aromatic rings. The van der Waals surface area contributed by atoms with E-state index >= 15 is 0 Å². The monoisotopic (exact) mass is 261 g/mol. The molecule has 0 bridgehead atoms. The van der Waals surface area contributed by atoms with Crippen LogP contribution in [0.5, 0.6) is 0 Å². The van der Waals surface area contributed by atoms with Crippen molar-refractivity contribution in [3.05, 3.63) is 47.8 Å². The molecule has 0 radical (unpaired) electrons. The van der Waals surface area contributed by atoms with Crippen LogP contribution >= 0.6 is 0 Å². The molecule has 1 unspecified atom stereocenters. The van der Waals surface area contributed by atoms with Crippen LogP contribution in [-0.2, 0) is 4.74 Å². The Hall–Kier alpha value is -1.45. The number of hydrogen-bond donors (Lipinski definition) is 1. The van der Waals surface area contributed by atoms with Crippen LogP contribution in [0.2, 0.25) is 0 Å². The Morgan fingerprint density at radius 2 is 1.89 bits per heavy atom. The third-order valence-corrected chi connectivity index (χ3v) is 3.47. The van der Waals surface area contributed by atoms with Gasteiger partial charge in [-0.3, -0.25) is 0 Å². The molecular weight excluding hydrogens is 241 g/mol. The topological polar surface area (TPSA) is 21.3 Å². The molecule has 0 aliphatic heterocycles. The Balaban J connectivity index is 2.34. The minimum atomic E-state index is -0.161. The molecule has 19 heavy (non-hydrogen) atoms. The van der Waals surface area contributed by atoms with Gasteiger partial charge in [0.15, 0.2) is 0 Å². The highest BCUT2D eigenvalue weighted by molar-refractivity contribution is 5.86. The van der Waals surface area contributed by atoms with Gasteiger partial charge in [0.2, 0.25) is 0 Å². The smallest absolute Gasteiger partial charge is 0.131 e. The van der Waals surface area contributed by atoms with E-state index in [1.807, 2.05) is 37.4 Å². The van der Waals surface area contributed by atoms with Crippen molar-refractivity contribution < 1.29 is 9.13 Å². The third kappa shape index (κ3) is 3.11. The van der Waals surface area contributed by atoms with Crippen molar-refractivity contribution in [3.63, 3.8) is 0 Å². The maximum absolute atomic E-state index is 13.8. The second-order valence-corrected chi connectivity index (χ2v) is 4.66. The molecule has 102 valence electrons. The van der Waals surface area contributed by atoms with Crippen molar-refractivity contribution in [1.29, 1.82) is 0 Å². The molecule has 2 rings (SSSR count). The van der Waals surface area contributed by atoms with Crippen molar-refractivity contribution in [2.75, 3.05) is 20.8 Å². The van der Waals surface area contributed by atoms with Crippen molar-refractivity contribution in [1.82, 2.24) is 5.32 Å². The minimum Gasteiger partial charge on any atom is -0.385 e. The number of fused-ring (bicyclic) bond motifs is 1. The summed E-state index contributed by atoms with van der Waals surface area (Å²) in [6.45, 7) is 0.747. The predicted molar refractivity (Wildman–Crippen MR) is 76.8 cm³/mol. The minimum absolute atomic E-state index is 0.161. The average molecular weight is 261 g/mol. The van der Waals surface area contributed by atoms with Gasteiger partial charge >= 0.3 is 0 Å². The van der Waals surface area contributed by atoms with E-state index in [-0.39, 0.29) is 11.9 Å². The summed E-state index contributed by atoms with van der Waals surface area (Å²) < 4.78 is 18.9. The van der Waals surface area contributed by atoms with Gasteiger partial charge < -0.3 is 10.1 Å². The molecule has 0 spiro atoms. The molecule has 1 N–H and O–H groups in total. The van der Waals surface area contributed by atoms with Crippen LogP contribution in [0.1, 0.15) is 24.4 Å². The van der Waals surface area contributed by atoms with Gasteiger partial charge in [-0.05, 0) is 36.9 Å². The molecule has 0 amide bonds. The zero-order valence-electron chi connectivity index (χ0n) is 11.4. The highest BCUT2D eigenvalue weighted by atomic mass is 19.1. The summed E-state index contributed by atoms with van der Waals surface area (Å²) >= 11 is 0. The lowest BCUT2D eigenvalue weighted by Crippen LogP contribution is -2.17. The van der Waals surface area contributed by atoms with E-state index in [1.54, 1.807) is 13.2 Å². The average Bonchev–Trinajstić information content (AvgIpc) is 2.45. The normalized spacial score (nSPS) is 12.8. The van der Waals surface area contributed by atoms with Crippen molar-refractivity contribution >= 4 is 10.8 Å². The van der Waals surface area contributed by atoms with Crippen LogP contribution in [0.15, 0.2) is 36.4 Å². The van der Waals surface area contributed by atoms with Gasteiger partial charge in [0.25, 0.3) is 0 Å². The molecule has 0 heterocycles. The van der Waals surface area contributed by atoms with Gasteiger partial charge in [0.1, 0.15) is 5.82 Å². The summed E-state index contributed by atoms with van der Waals surface area (Å²) in [5.74, 6) is -0.161. The first kappa shape index (κ1) is 14.0. The summed E-state index contributed by atoms with van der Waals surface area (Å²) in [5.41, 5.74) is 1.15. The van der Waals surface area contributed by atoms with Gasteiger partial charge in [-0.25, -0.2) is 4.39 Å². The molecular formula is C16H20FNO. The number of halogens is 1. The second-order valence-electron chi connectivity index (χ2n) is 4.66. The molecule has 0 fully saturated rings. The Bertz CT molecular complexity index is 541. The number of nitrogens with one attached hydrogen (secondary N) is 1. The standard InChI is InChI=1S/C16H20FNO/c1-18-16(8-5-11-19-2)14-9-10-15(17)13-7-4-3-6-12(13)14/h3-4,6-7,9-10,16,18H,5,8,11H2,1-2H3. The molecule has 1 atom stereocenters. The fraction of sp³-hybridized carbons (Fsp3) is 0.375. The molecule has 3 heteroatoms. The zero-order chi connectivity index (χ0) is 13.7.